The SMILES string of the molecule is COc1cc(O)c(F)c(C2(N=C=O)CC2)c1F. The van der Waals surface area contributed by atoms with Crippen molar-refractivity contribution in [2.24, 2.45) is 4.99 Å². The average molecular weight is 241 g/mol. The van der Waals surface area contributed by atoms with Gasteiger partial charge >= 0.3 is 0 Å². The van der Waals surface area contributed by atoms with Crippen LogP contribution in [-0.2, 0) is 10.3 Å². The maximum absolute atomic E-state index is 13.9. The number of hydrogen-bond acceptors (Lipinski definition) is 4. The van der Waals surface area contributed by atoms with E-state index in [0.717, 1.165) is 6.07 Å². The van der Waals surface area contributed by atoms with Gasteiger partial charge in [-0.25, -0.2) is 13.6 Å². The Kier molecular flexibility index (Phi) is 2.59. The molecule has 0 atom stereocenters. The van der Waals surface area contributed by atoms with Crippen LogP contribution in [0.5, 0.6) is 11.5 Å². The highest BCUT2D eigenvalue weighted by Gasteiger charge is 2.50. The number of carbonyl (C=O) groups excluding carboxylic acids is 1. The summed E-state index contributed by atoms with van der Waals surface area (Å²) in [6.45, 7) is 0. The number of methoxy groups -OCH3 is 1. The topological polar surface area (TPSA) is 58.9 Å². The van der Waals surface area contributed by atoms with Crippen LogP contribution in [0.2, 0.25) is 0 Å². The predicted octanol–water partition coefficient (Wildman–Crippen LogP) is 2.00. The predicted molar refractivity (Wildman–Crippen MR) is 53.6 cm³/mol. The van der Waals surface area contributed by atoms with E-state index in [-0.39, 0.29) is 5.75 Å². The molecule has 1 N–H and O–H groups in total. The fourth-order valence-electron chi connectivity index (χ4n) is 1.78. The van der Waals surface area contributed by atoms with E-state index < -0.39 is 28.5 Å². The quantitative estimate of drug-likeness (QED) is 0.650. The fourth-order valence-corrected chi connectivity index (χ4v) is 1.78. The highest BCUT2D eigenvalue weighted by atomic mass is 19.1. The molecule has 0 spiro atoms. The number of aromatic hydroxyl groups is 1. The molecule has 6 heteroatoms. The third-order valence-electron chi connectivity index (χ3n) is 2.82. The number of phenolic OH excluding ortho intramolecular Hbond substituents is 1. The number of ether oxygens (including phenoxy) is 1. The van der Waals surface area contributed by atoms with Gasteiger partial charge in [0.1, 0.15) is 5.54 Å². The second-order valence-electron chi connectivity index (χ2n) is 3.84. The third-order valence-corrected chi connectivity index (χ3v) is 2.82. The number of benzene rings is 1. The van der Waals surface area contributed by atoms with Crippen LogP contribution < -0.4 is 4.74 Å². The van der Waals surface area contributed by atoms with Crippen LogP contribution in [0, 0.1) is 11.6 Å². The third kappa shape index (κ3) is 1.66. The first-order valence-corrected chi connectivity index (χ1v) is 4.90. The minimum atomic E-state index is -1.23. The first kappa shape index (κ1) is 11.5. The molecule has 4 nitrogen and oxygen atoms in total. The number of phenols is 1. The molecule has 1 fully saturated rings. The summed E-state index contributed by atoms with van der Waals surface area (Å²) in [5.41, 5.74) is -1.67. The minimum absolute atomic E-state index is 0.286. The summed E-state index contributed by atoms with van der Waals surface area (Å²) in [6, 6.07) is 0.842. The Morgan fingerprint density at radius 3 is 2.59 bits per heavy atom. The van der Waals surface area contributed by atoms with E-state index in [1.54, 1.807) is 0 Å². The maximum Gasteiger partial charge on any atom is 0.235 e. The monoisotopic (exact) mass is 241 g/mol. The molecule has 17 heavy (non-hydrogen) atoms. The van der Waals surface area contributed by atoms with Crippen LogP contribution in [0.1, 0.15) is 18.4 Å². The summed E-state index contributed by atoms with van der Waals surface area (Å²) < 4.78 is 32.3. The molecule has 1 aromatic rings. The van der Waals surface area contributed by atoms with Crippen LogP contribution in [0.15, 0.2) is 11.1 Å². The van der Waals surface area contributed by atoms with E-state index in [9.17, 15) is 18.7 Å². The summed E-state index contributed by atoms with van der Waals surface area (Å²) in [7, 11) is 1.20. The van der Waals surface area contributed by atoms with Gasteiger partial charge in [-0.15, -0.1) is 0 Å². The van der Waals surface area contributed by atoms with Gasteiger partial charge in [0.25, 0.3) is 0 Å². The average Bonchev–Trinajstić information content (AvgIpc) is 3.05. The van der Waals surface area contributed by atoms with E-state index in [4.69, 9.17) is 0 Å². The van der Waals surface area contributed by atoms with E-state index >= 15 is 0 Å². The largest absolute Gasteiger partial charge is 0.505 e. The van der Waals surface area contributed by atoms with Crippen LogP contribution in [0.25, 0.3) is 0 Å². The van der Waals surface area contributed by atoms with Crippen LogP contribution >= 0.6 is 0 Å². The van der Waals surface area contributed by atoms with E-state index in [0.29, 0.717) is 12.8 Å². The van der Waals surface area contributed by atoms with Crippen molar-refractivity contribution in [1.82, 2.24) is 0 Å². The molecule has 0 aromatic heterocycles. The van der Waals surface area contributed by atoms with E-state index in [1.165, 1.54) is 13.2 Å². The van der Waals surface area contributed by atoms with Gasteiger partial charge in [0, 0.05) is 6.07 Å². The molecule has 90 valence electrons. The Labute approximate surface area is 95.5 Å². The molecule has 1 aliphatic carbocycles. The zero-order valence-corrected chi connectivity index (χ0v) is 8.96. The van der Waals surface area contributed by atoms with Crippen molar-refractivity contribution in [2.45, 2.75) is 18.4 Å². The number of rotatable bonds is 3. The Bertz CT molecular complexity index is 520. The Morgan fingerprint density at radius 1 is 1.47 bits per heavy atom. The van der Waals surface area contributed by atoms with Crippen molar-refractivity contribution >= 4 is 6.08 Å². The molecular weight excluding hydrogens is 232 g/mol. The summed E-state index contributed by atoms with van der Waals surface area (Å²) >= 11 is 0. The van der Waals surface area contributed by atoms with Gasteiger partial charge in [-0.1, -0.05) is 0 Å². The van der Waals surface area contributed by atoms with Gasteiger partial charge < -0.3 is 9.84 Å². The maximum atomic E-state index is 13.9. The van der Waals surface area contributed by atoms with Gasteiger partial charge in [0.05, 0.1) is 12.7 Å². The van der Waals surface area contributed by atoms with Gasteiger partial charge in [-0.05, 0) is 12.8 Å². The van der Waals surface area contributed by atoms with Gasteiger partial charge in [0.2, 0.25) is 6.08 Å². The number of aliphatic imine (C=N–C) groups is 1. The zero-order valence-electron chi connectivity index (χ0n) is 8.96. The molecule has 0 amide bonds. The molecular formula is C11H9F2NO3. The lowest BCUT2D eigenvalue weighted by molar-refractivity contribution is 0.360. The molecule has 1 aliphatic rings. The van der Waals surface area contributed by atoms with E-state index in [2.05, 4.69) is 9.73 Å². The van der Waals surface area contributed by atoms with E-state index in [1.807, 2.05) is 0 Å². The van der Waals surface area contributed by atoms with Crippen molar-refractivity contribution in [2.75, 3.05) is 7.11 Å². The van der Waals surface area contributed by atoms with Gasteiger partial charge in [0.15, 0.2) is 23.1 Å². The number of isocyanates is 1. The van der Waals surface area contributed by atoms with Gasteiger partial charge in [-0.2, -0.15) is 4.99 Å². The molecule has 0 radical (unpaired) electrons. The van der Waals surface area contributed by atoms with Crippen molar-refractivity contribution in [3.05, 3.63) is 23.3 Å². The fraction of sp³-hybridized carbons (Fsp3) is 0.364. The number of hydrogen-bond donors (Lipinski definition) is 1. The lowest BCUT2D eigenvalue weighted by atomic mass is 10.0. The number of nitrogens with zero attached hydrogens (tertiary/aromatic N) is 1. The standard InChI is InChI=1S/C11H9F2NO3/c1-17-7-4-6(16)9(12)8(10(7)13)11(2-3-11)14-5-15/h4,16H,2-3H2,1H3. The number of halogens is 2. The Morgan fingerprint density at radius 2 is 2.12 bits per heavy atom. The molecule has 1 aromatic carbocycles. The van der Waals surface area contributed by atoms with Crippen molar-refractivity contribution in [1.29, 1.82) is 0 Å². The second kappa shape index (κ2) is 3.82. The summed E-state index contributed by atoms with van der Waals surface area (Å²) in [6.07, 6.45) is 1.97. The summed E-state index contributed by atoms with van der Waals surface area (Å²) in [5.74, 6) is -3.07. The minimum Gasteiger partial charge on any atom is -0.505 e. The lowest BCUT2D eigenvalue weighted by Crippen LogP contribution is -2.10. The van der Waals surface area contributed by atoms with Crippen LogP contribution in [0.3, 0.4) is 0 Å². The normalized spacial score (nSPS) is 16.2. The van der Waals surface area contributed by atoms with Crippen molar-refractivity contribution in [3.8, 4) is 11.5 Å². The Hall–Kier alpha value is -1.94. The molecule has 0 bridgehead atoms. The molecule has 2 rings (SSSR count). The van der Waals surface area contributed by atoms with Gasteiger partial charge in [-0.3, -0.25) is 0 Å². The smallest absolute Gasteiger partial charge is 0.235 e. The molecule has 1 saturated carbocycles. The van der Waals surface area contributed by atoms with Crippen LogP contribution in [-0.4, -0.2) is 18.3 Å². The van der Waals surface area contributed by atoms with Crippen molar-refractivity contribution in [3.63, 3.8) is 0 Å². The highest BCUT2D eigenvalue weighted by molar-refractivity contribution is 5.49. The molecule has 0 unspecified atom stereocenters. The highest BCUT2D eigenvalue weighted by Crippen LogP contribution is 2.53. The van der Waals surface area contributed by atoms with Crippen molar-refractivity contribution < 1.29 is 23.4 Å². The first-order valence-electron chi connectivity index (χ1n) is 4.90. The first-order chi connectivity index (χ1) is 8.05. The summed E-state index contributed by atoms with van der Waals surface area (Å²) in [4.78, 5) is 13.7. The molecule has 0 heterocycles. The Balaban J connectivity index is 2.68. The second-order valence-corrected chi connectivity index (χ2v) is 3.84. The zero-order chi connectivity index (χ0) is 12.6. The van der Waals surface area contributed by atoms with Crippen LogP contribution in [0.4, 0.5) is 8.78 Å². The lowest BCUT2D eigenvalue weighted by Gasteiger charge is -2.14. The molecule has 0 saturated heterocycles. The summed E-state index contributed by atoms with van der Waals surface area (Å²) in [5, 5.41) is 9.33. The molecule has 0 aliphatic heterocycles.